The highest BCUT2D eigenvalue weighted by atomic mass is 16.5. The van der Waals surface area contributed by atoms with Gasteiger partial charge in [-0.25, -0.2) is 4.79 Å². The Labute approximate surface area is 165 Å². The van der Waals surface area contributed by atoms with Crippen LogP contribution >= 0.6 is 0 Å². The largest absolute Gasteiger partial charge is 0.504 e. The number of aliphatic hydroxyl groups is 1. The molecule has 148 valence electrons. The van der Waals surface area contributed by atoms with Gasteiger partial charge in [0.2, 0.25) is 0 Å². The van der Waals surface area contributed by atoms with Gasteiger partial charge in [0.05, 0.1) is 43.5 Å². The Morgan fingerprint density at radius 2 is 2.18 bits per heavy atom. The average molecular weight is 382 g/mol. The van der Waals surface area contributed by atoms with Gasteiger partial charge in [-0.1, -0.05) is 24.3 Å². The van der Waals surface area contributed by atoms with E-state index >= 15 is 0 Å². The van der Waals surface area contributed by atoms with Crippen LogP contribution in [0.15, 0.2) is 53.7 Å². The van der Waals surface area contributed by atoms with Gasteiger partial charge in [0.1, 0.15) is 5.60 Å². The topological polar surface area (TPSA) is 71.4 Å². The number of ether oxygens (including phenoxy) is 2. The molecule has 0 spiro atoms. The number of para-hydroxylation sites is 1. The first-order valence-electron chi connectivity index (χ1n) is 9.62. The molecule has 0 radical (unpaired) electrons. The highest BCUT2D eigenvalue weighted by Crippen LogP contribution is 2.48. The Morgan fingerprint density at radius 1 is 1.39 bits per heavy atom. The lowest BCUT2D eigenvalue weighted by atomic mass is 9.71. The average Bonchev–Trinajstić information content (AvgIpc) is 3.03. The SMILES string of the molecule is C=C[C@H]1CN2CC[C@]3(O)C(=Nc4ccccc43)[C@H]2C[C@@H]1/C(=C\OC)C(=O)OC. The van der Waals surface area contributed by atoms with Crippen LogP contribution in [0.25, 0.3) is 0 Å². The van der Waals surface area contributed by atoms with Crippen molar-refractivity contribution in [3.8, 4) is 0 Å². The van der Waals surface area contributed by atoms with Crippen LogP contribution in [0, 0.1) is 11.8 Å². The van der Waals surface area contributed by atoms with Gasteiger partial charge in [-0.3, -0.25) is 9.89 Å². The summed E-state index contributed by atoms with van der Waals surface area (Å²) in [4.78, 5) is 19.6. The van der Waals surface area contributed by atoms with Crippen molar-refractivity contribution in [2.24, 2.45) is 16.8 Å². The van der Waals surface area contributed by atoms with Gasteiger partial charge >= 0.3 is 5.97 Å². The zero-order valence-corrected chi connectivity index (χ0v) is 16.3. The lowest BCUT2D eigenvalue weighted by Crippen LogP contribution is -2.60. The number of piperidine rings is 2. The predicted octanol–water partition coefficient (Wildman–Crippen LogP) is 2.56. The molecular formula is C22H26N2O4. The second kappa shape index (κ2) is 7.18. The monoisotopic (exact) mass is 382 g/mol. The van der Waals surface area contributed by atoms with E-state index in [0.717, 1.165) is 30.1 Å². The van der Waals surface area contributed by atoms with Gasteiger partial charge in [0, 0.05) is 24.6 Å². The summed E-state index contributed by atoms with van der Waals surface area (Å²) in [5.74, 6) is -0.415. The Bertz CT molecular complexity index is 862. The van der Waals surface area contributed by atoms with Gasteiger partial charge in [0.15, 0.2) is 0 Å². The molecule has 1 aromatic rings. The molecule has 3 aliphatic rings. The van der Waals surface area contributed by atoms with Crippen LogP contribution in [0.5, 0.6) is 0 Å². The van der Waals surface area contributed by atoms with Crippen LogP contribution in [0.4, 0.5) is 5.69 Å². The summed E-state index contributed by atoms with van der Waals surface area (Å²) in [5.41, 5.74) is 1.98. The number of rotatable bonds is 4. The zero-order valence-electron chi connectivity index (χ0n) is 16.3. The Hall–Kier alpha value is -2.44. The fraction of sp³-hybridized carbons (Fsp3) is 0.455. The van der Waals surface area contributed by atoms with Crippen molar-refractivity contribution in [1.29, 1.82) is 0 Å². The molecule has 3 heterocycles. The maximum atomic E-state index is 12.4. The molecule has 1 aromatic carbocycles. The Kier molecular flexibility index (Phi) is 4.85. The van der Waals surface area contributed by atoms with E-state index < -0.39 is 11.6 Å². The van der Waals surface area contributed by atoms with Gasteiger partial charge in [0.25, 0.3) is 0 Å². The minimum Gasteiger partial charge on any atom is -0.504 e. The smallest absolute Gasteiger partial charge is 0.337 e. The first-order chi connectivity index (χ1) is 13.5. The molecule has 4 rings (SSSR count). The standard InChI is InChI=1S/C22H26N2O4/c1-4-14-12-24-10-9-22(26)17-7-5-6-8-18(17)23-20(22)19(24)11-15(14)16(13-27-2)21(25)28-3/h4-8,13-15,19,26H,1,9-12H2,2-3H3/b16-13+/t14-,15-,19+,22+/m0/s1. The fourth-order valence-electron chi connectivity index (χ4n) is 4.95. The van der Waals surface area contributed by atoms with Gasteiger partial charge in [-0.2, -0.15) is 0 Å². The number of esters is 1. The van der Waals surface area contributed by atoms with Crippen LogP contribution in [0.3, 0.4) is 0 Å². The van der Waals surface area contributed by atoms with Crippen LogP contribution in [0.2, 0.25) is 0 Å². The predicted molar refractivity (Wildman–Crippen MR) is 106 cm³/mol. The first-order valence-corrected chi connectivity index (χ1v) is 9.62. The molecule has 28 heavy (non-hydrogen) atoms. The zero-order chi connectivity index (χ0) is 19.9. The summed E-state index contributed by atoms with van der Waals surface area (Å²) < 4.78 is 10.2. The number of fused-ring (bicyclic) bond motifs is 5. The van der Waals surface area contributed by atoms with Gasteiger partial charge in [-0.15, -0.1) is 6.58 Å². The summed E-state index contributed by atoms with van der Waals surface area (Å²) in [7, 11) is 2.90. The van der Waals surface area contributed by atoms with E-state index in [4.69, 9.17) is 14.5 Å². The molecule has 6 heteroatoms. The van der Waals surface area contributed by atoms with E-state index in [9.17, 15) is 9.90 Å². The van der Waals surface area contributed by atoms with E-state index in [-0.39, 0.29) is 17.9 Å². The first kappa shape index (κ1) is 18.9. The van der Waals surface area contributed by atoms with Crippen molar-refractivity contribution in [3.05, 3.63) is 54.3 Å². The number of methoxy groups -OCH3 is 2. The second-order valence-electron chi connectivity index (χ2n) is 7.68. The van der Waals surface area contributed by atoms with Crippen molar-refractivity contribution in [2.45, 2.75) is 24.5 Å². The van der Waals surface area contributed by atoms with Crippen LogP contribution in [-0.4, -0.2) is 55.0 Å². The minimum atomic E-state index is -1.03. The van der Waals surface area contributed by atoms with Gasteiger partial charge < -0.3 is 14.6 Å². The molecule has 1 N–H and O–H groups in total. The number of hydrogen-bond acceptors (Lipinski definition) is 6. The summed E-state index contributed by atoms with van der Waals surface area (Å²) in [5, 5.41) is 11.5. The summed E-state index contributed by atoms with van der Waals surface area (Å²) in [6.07, 6.45) is 4.64. The molecule has 6 nitrogen and oxygen atoms in total. The van der Waals surface area contributed by atoms with Crippen molar-refractivity contribution in [1.82, 2.24) is 4.90 Å². The summed E-state index contributed by atoms with van der Waals surface area (Å²) in [6.45, 7) is 5.51. The second-order valence-corrected chi connectivity index (χ2v) is 7.68. The maximum absolute atomic E-state index is 12.4. The summed E-state index contributed by atoms with van der Waals surface area (Å²) >= 11 is 0. The van der Waals surface area contributed by atoms with E-state index in [2.05, 4.69) is 11.5 Å². The number of carbonyl (C=O) groups excluding carboxylic acids is 1. The fourth-order valence-corrected chi connectivity index (χ4v) is 4.95. The molecule has 0 aromatic heterocycles. The van der Waals surface area contributed by atoms with Crippen LogP contribution < -0.4 is 0 Å². The van der Waals surface area contributed by atoms with Crippen molar-refractivity contribution in [3.63, 3.8) is 0 Å². The Balaban J connectivity index is 1.71. The molecule has 0 amide bonds. The molecule has 0 unspecified atom stereocenters. The molecule has 0 bridgehead atoms. The third kappa shape index (κ3) is 2.79. The van der Waals surface area contributed by atoms with E-state index in [0.29, 0.717) is 18.4 Å². The third-order valence-corrected chi connectivity index (χ3v) is 6.34. The molecule has 4 atom stereocenters. The number of hydrogen-bond donors (Lipinski definition) is 1. The van der Waals surface area contributed by atoms with E-state index in [1.54, 1.807) is 0 Å². The van der Waals surface area contributed by atoms with Crippen molar-refractivity contribution >= 4 is 17.4 Å². The maximum Gasteiger partial charge on any atom is 0.337 e. The molecule has 3 aliphatic heterocycles. The molecule has 2 saturated heterocycles. The number of benzene rings is 1. The van der Waals surface area contributed by atoms with Crippen molar-refractivity contribution < 1.29 is 19.4 Å². The quantitative estimate of drug-likeness (QED) is 0.375. The number of aliphatic imine (C=N–C) groups is 1. The molecular weight excluding hydrogens is 356 g/mol. The van der Waals surface area contributed by atoms with Gasteiger partial charge in [-0.05, 0) is 24.8 Å². The van der Waals surface area contributed by atoms with Crippen molar-refractivity contribution in [2.75, 3.05) is 27.3 Å². The highest BCUT2D eigenvalue weighted by molar-refractivity contribution is 6.04. The minimum absolute atomic E-state index is 0.0442. The molecule has 0 aliphatic carbocycles. The number of carbonyl (C=O) groups is 1. The molecule has 2 fully saturated rings. The van der Waals surface area contributed by atoms with Crippen LogP contribution in [-0.2, 0) is 19.9 Å². The highest BCUT2D eigenvalue weighted by Gasteiger charge is 2.53. The van der Waals surface area contributed by atoms with E-state index in [1.165, 1.54) is 20.5 Å². The van der Waals surface area contributed by atoms with E-state index in [1.807, 2.05) is 30.3 Å². The lowest BCUT2D eigenvalue weighted by molar-refractivity contribution is -0.137. The summed E-state index contributed by atoms with van der Waals surface area (Å²) in [6, 6.07) is 7.74. The Morgan fingerprint density at radius 3 is 2.89 bits per heavy atom. The lowest BCUT2D eigenvalue weighted by Gasteiger charge is -2.49. The normalized spacial score (nSPS) is 31.9. The van der Waals surface area contributed by atoms with Crippen LogP contribution in [0.1, 0.15) is 18.4 Å². The molecule has 0 saturated carbocycles. The third-order valence-electron chi connectivity index (χ3n) is 6.34. The number of nitrogens with zero attached hydrogens (tertiary/aromatic N) is 2.